The zero-order chi connectivity index (χ0) is 15.3. The second kappa shape index (κ2) is 4.55. The molecule has 112 valence electrons. The van der Waals surface area contributed by atoms with E-state index in [1.807, 2.05) is 47.9 Å². The van der Waals surface area contributed by atoms with E-state index in [0.717, 1.165) is 16.4 Å². The maximum absolute atomic E-state index is 10.9. The summed E-state index contributed by atoms with van der Waals surface area (Å²) in [6, 6.07) is 7.79. The summed E-state index contributed by atoms with van der Waals surface area (Å²) in [7, 11) is 0. The van der Waals surface area contributed by atoms with E-state index in [1.165, 1.54) is 0 Å². The van der Waals surface area contributed by atoms with Gasteiger partial charge in [-0.3, -0.25) is 0 Å². The molecule has 4 rings (SSSR count). The van der Waals surface area contributed by atoms with Crippen molar-refractivity contribution in [2.24, 2.45) is 0 Å². The van der Waals surface area contributed by atoms with Gasteiger partial charge < -0.3 is 15.4 Å². The molecule has 5 heteroatoms. The Balaban J connectivity index is 1.99. The lowest BCUT2D eigenvalue weighted by molar-refractivity contribution is 0.00762. The van der Waals surface area contributed by atoms with Gasteiger partial charge in [0, 0.05) is 5.39 Å². The van der Waals surface area contributed by atoms with Crippen LogP contribution in [-0.2, 0) is 0 Å². The number of nitrogens with zero attached hydrogens (tertiary/aromatic N) is 3. The van der Waals surface area contributed by atoms with Crippen LogP contribution in [0.15, 0.2) is 42.7 Å². The molecule has 5 nitrogen and oxygen atoms in total. The normalized spacial score (nSPS) is 18.3. The molecule has 1 atom stereocenters. The summed E-state index contributed by atoms with van der Waals surface area (Å²) in [6.45, 7) is 2.03. The number of aliphatic hydroxyl groups is 1. The summed E-state index contributed by atoms with van der Waals surface area (Å²) in [5, 5.41) is 11.9. The number of rotatable bonds is 2. The first-order valence-electron chi connectivity index (χ1n) is 7.48. The molecule has 0 saturated carbocycles. The van der Waals surface area contributed by atoms with Crippen molar-refractivity contribution in [1.29, 1.82) is 0 Å². The summed E-state index contributed by atoms with van der Waals surface area (Å²) in [5.74, 6) is 0.427. The number of pyridine rings is 1. The average Bonchev–Trinajstić information content (AvgIpc) is 3.14. The van der Waals surface area contributed by atoms with Gasteiger partial charge in [-0.05, 0) is 25.8 Å². The van der Waals surface area contributed by atoms with Crippen LogP contribution in [0.2, 0.25) is 0 Å². The van der Waals surface area contributed by atoms with Crippen molar-refractivity contribution in [2.75, 3.05) is 5.73 Å². The van der Waals surface area contributed by atoms with Crippen LogP contribution in [0.1, 0.15) is 25.8 Å². The maximum atomic E-state index is 10.9. The summed E-state index contributed by atoms with van der Waals surface area (Å²) in [6.07, 6.45) is 7.14. The van der Waals surface area contributed by atoms with Crippen molar-refractivity contribution in [3.63, 3.8) is 0 Å². The summed E-state index contributed by atoms with van der Waals surface area (Å²) in [5.41, 5.74) is 7.77. The van der Waals surface area contributed by atoms with Gasteiger partial charge in [0.15, 0.2) is 5.82 Å². The number of fused-ring (bicyclic) bond motifs is 3. The zero-order valence-electron chi connectivity index (χ0n) is 12.4. The Bertz CT molecular complexity index is 888. The van der Waals surface area contributed by atoms with Crippen LogP contribution >= 0.6 is 0 Å². The van der Waals surface area contributed by atoms with Gasteiger partial charge in [-0.15, -0.1) is 0 Å². The first kappa shape index (κ1) is 13.3. The molecule has 3 aromatic rings. The SMILES string of the molecule is C[C@@H](n1cnc2c(N)nc3ccccc3c21)C1(O)CC=CC1. The highest BCUT2D eigenvalue weighted by Crippen LogP contribution is 2.38. The molecule has 2 heterocycles. The van der Waals surface area contributed by atoms with Crippen molar-refractivity contribution in [3.8, 4) is 0 Å². The average molecular weight is 294 g/mol. The predicted octanol–water partition coefficient (Wildman–Crippen LogP) is 2.81. The zero-order valence-corrected chi connectivity index (χ0v) is 12.4. The molecule has 3 N–H and O–H groups in total. The van der Waals surface area contributed by atoms with E-state index in [2.05, 4.69) is 9.97 Å². The van der Waals surface area contributed by atoms with Gasteiger partial charge >= 0.3 is 0 Å². The summed E-state index contributed by atoms with van der Waals surface area (Å²) in [4.78, 5) is 8.85. The van der Waals surface area contributed by atoms with Crippen LogP contribution in [0, 0.1) is 0 Å². The monoisotopic (exact) mass is 294 g/mol. The Morgan fingerprint density at radius 2 is 2.00 bits per heavy atom. The van der Waals surface area contributed by atoms with Crippen molar-refractivity contribution in [2.45, 2.75) is 31.4 Å². The summed E-state index contributed by atoms with van der Waals surface area (Å²) >= 11 is 0. The van der Waals surface area contributed by atoms with Gasteiger partial charge in [0.2, 0.25) is 0 Å². The molecule has 0 bridgehead atoms. The number of imidazole rings is 1. The molecule has 0 unspecified atom stereocenters. The topological polar surface area (TPSA) is 77.0 Å². The van der Waals surface area contributed by atoms with E-state index in [-0.39, 0.29) is 6.04 Å². The van der Waals surface area contributed by atoms with Crippen molar-refractivity contribution >= 4 is 27.8 Å². The number of benzene rings is 1. The van der Waals surface area contributed by atoms with Gasteiger partial charge in [0.1, 0.15) is 5.52 Å². The van der Waals surface area contributed by atoms with E-state index in [9.17, 15) is 5.11 Å². The Kier molecular flexibility index (Phi) is 2.74. The smallest absolute Gasteiger partial charge is 0.152 e. The Labute approximate surface area is 128 Å². The minimum atomic E-state index is -0.771. The highest BCUT2D eigenvalue weighted by molar-refractivity contribution is 6.06. The Morgan fingerprint density at radius 1 is 1.27 bits per heavy atom. The molecule has 2 aromatic heterocycles. The molecule has 0 aliphatic heterocycles. The molecule has 0 radical (unpaired) electrons. The molecule has 1 aliphatic carbocycles. The lowest BCUT2D eigenvalue weighted by Crippen LogP contribution is -2.35. The number of hydrogen-bond donors (Lipinski definition) is 2. The number of anilines is 1. The molecular weight excluding hydrogens is 276 g/mol. The Morgan fingerprint density at radius 3 is 2.77 bits per heavy atom. The van der Waals surface area contributed by atoms with Gasteiger partial charge in [-0.2, -0.15) is 0 Å². The van der Waals surface area contributed by atoms with Gasteiger partial charge in [0.25, 0.3) is 0 Å². The van der Waals surface area contributed by atoms with Crippen molar-refractivity contribution < 1.29 is 5.11 Å². The fourth-order valence-corrected chi connectivity index (χ4v) is 3.32. The molecule has 1 aromatic carbocycles. The highest BCUT2D eigenvalue weighted by Gasteiger charge is 2.36. The van der Waals surface area contributed by atoms with Crippen molar-refractivity contribution in [1.82, 2.24) is 14.5 Å². The van der Waals surface area contributed by atoms with Crippen LogP contribution in [0.5, 0.6) is 0 Å². The van der Waals surface area contributed by atoms with E-state index in [0.29, 0.717) is 24.2 Å². The predicted molar refractivity (Wildman–Crippen MR) is 87.5 cm³/mol. The van der Waals surface area contributed by atoms with Crippen LogP contribution in [0.25, 0.3) is 21.9 Å². The lowest BCUT2D eigenvalue weighted by atomic mass is 9.92. The van der Waals surface area contributed by atoms with E-state index in [1.54, 1.807) is 6.33 Å². The molecule has 0 fully saturated rings. The van der Waals surface area contributed by atoms with E-state index >= 15 is 0 Å². The largest absolute Gasteiger partial charge is 0.387 e. The molecule has 22 heavy (non-hydrogen) atoms. The second-order valence-corrected chi connectivity index (χ2v) is 6.02. The third kappa shape index (κ3) is 1.75. The van der Waals surface area contributed by atoms with Gasteiger partial charge in [-0.25, -0.2) is 9.97 Å². The third-order valence-corrected chi connectivity index (χ3v) is 4.74. The minimum Gasteiger partial charge on any atom is -0.387 e. The van der Waals surface area contributed by atoms with E-state index in [4.69, 9.17) is 5.73 Å². The van der Waals surface area contributed by atoms with Crippen LogP contribution in [-0.4, -0.2) is 25.2 Å². The first-order chi connectivity index (χ1) is 10.6. The number of nitrogens with two attached hydrogens (primary N) is 1. The fraction of sp³-hybridized carbons (Fsp3) is 0.294. The van der Waals surface area contributed by atoms with Gasteiger partial charge in [0.05, 0.1) is 29.0 Å². The van der Waals surface area contributed by atoms with E-state index < -0.39 is 5.60 Å². The van der Waals surface area contributed by atoms with Crippen LogP contribution < -0.4 is 5.73 Å². The second-order valence-electron chi connectivity index (χ2n) is 6.02. The third-order valence-electron chi connectivity index (χ3n) is 4.74. The number of para-hydroxylation sites is 1. The van der Waals surface area contributed by atoms with Crippen LogP contribution in [0.4, 0.5) is 5.82 Å². The standard InChI is InChI=1S/C17H18N4O/c1-11(17(22)8-4-5-9-17)21-10-19-14-15(21)12-6-2-3-7-13(12)20-16(14)18/h2-7,10-11,22H,8-9H2,1H3,(H2,18,20)/t11-/m1/s1. The van der Waals surface area contributed by atoms with Gasteiger partial charge in [-0.1, -0.05) is 30.4 Å². The highest BCUT2D eigenvalue weighted by atomic mass is 16.3. The minimum absolute atomic E-state index is 0.0993. The quantitative estimate of drug-likeness (QED) is 0.712. The van der Waals surface area contributed by atoms with Crippen molar-refractivity contribution in [3.05, 3.63) is 42.7 Å². The number of hydrogen-bond acceptors (Lipinski definition) is 4. The number of nitrogen functional groups attached to an aromatic ring is 1. The Hall–Kier alpha value is -2.40. The number of aromatic nitrogens is 3. The molecule has 0 saturated heterocycles. The molecular formula is C17H18N4O. The molecule has 0 amide bonds. The first-order valence-corrected chi connectivity index (χ1v) is 7.48. The van der Waals surface area contributed by atoms with Crippen LogP contribution in [0.3, 0.4) is 0 Å². The maximum Gasteiger partial charge on any atom is 0.152 e. The summed E-state index contributed by atoms with van der Waals surface area (Å²) < 4.78 is 2.03. The fourth-order valence-electron chi connectivity index (χ4n) is 3.32. The lowest BCUT2D eigenvalue weighted by Gasteiger charge is -2.31. The molecule has 0 spiro atoms. The molecule has 1 aliphatic rings.